The van der Waals surface area contributed by atoms with Gasteiger partial charge in [0.05, 0.1) is 6.10 Å². The van der Waals surface area contributed by atoms with E-state index in [-0.39, 0.29) is 0 Å². The molecule has 4 nitrogen and oxygen atoms in total. The van der Waals surface area contributed by atoms with E-state index in [1.807, 2.05) is 25.2 Å². The lowest BCUT2D eigenvalue weighted by Crippen LogP contribution is -2.08. The minimum absolute atomic E-state index is 0.377. The molecule has 0 N–H and O–H groups in total. The minimum atomic E-state index is 0.377. The molecule has 1 aliphatic rings. The smallest absolute Gasteiger partial charge is 0.191 e. The number of ether oxygens (including phenoxy) is 1. The van der Waals surface area contributed by atoms with Crippen LogP contribution >= 0.6 is 11.8 Å². The molecule has 0 radical (unpaired) electrons. The standard InChI is InChI=1S/C14H17N3OS/c1-17-13(11-6-3-2-4-7-11)15-16-14(17)19-10-12-8-5-9-18-12/h2-4,6-7,12H,5,8-10H2,1H3. The number of benzene rings is 1. The van der Waals surface area contributed by atoms with Gasteiger partial charge in [-0.3, -0.25) is 0 Å². The topological polar surface area (TPSA) is 39.9 Å². The first-order chi connectivity index (χ1) is 9.34. The van der Waals surface area contributed by atoms with E-state index in [0.29, 0.717) is 6.10 Å². The van der Waals surface area contributed by atoms with E-state index in [4.69, 9.17) is 4.74 Å². The Morgan fingerprint density at radius 1 is 1.32 bits per heavy atom. The van der Waals surface area contributed by atoms with Crippen LogP contribution in [-0.4, -0.2) is 33.2 Å². The summed E-state index contributed by atoms with van der Waals surface area (Å²) in [6, 6.07) is 10.1. The third-order valence-electron chi connectivity index (χ3n) is 3.29. The van der Waals surface area contributed by atoms with Crippen LogP contribution in [0.15, 0.2) is 35.5 Å². The highest BCUT2D eigenvalue weighted by atomic mass is 32.2. The number of hydrogen-bond acceptors (Lipinski definition) is 4. The van der Waals surface area contributed by atoms with Crippen LogP contribution in [0.25, 0.3) is 11.4 Å². The Labute approximate surface area is 117 Å². The Hall–Kier alpha value is -1.33. The Morgan fingerprint density at radius 2 is 2.16 bits per heavy atom. The third-order valence-corrected chi connectivity index (χ3v) is 4.44. The van der Waals surface area contributed by atoms with Gasteiger partial charge in [-0.05, 0) is 12.8 Å². The highest BCUT2D eigenvalue weighted by Gasteiger charge is 2.18. The van der Waals surface area contributed by atoms with E-state index in [0.717, 1.165) is 35.3 Å². The van der Waals surface area contributed by atoms with Gasteiger partial charge in [-0.15, -0.1) is 10.2 Å². The van der Waals surface area contributed by atoms with Crippen molar-refractivity contribution in [1.82, 2.24) is 14.8 Å². The van der Waals surface area contributed by atoms with Crippen molar-refractivity contribution >= 4 is 11.8 Å². The molecule has 0 amide bonds. The molecule has 2 heterocycles. The van der Waals surface area contributed by atoms with Crippen LogP contribution in [0.1, 0.15) is 12.8 Å². The molecule has 1 aliphatic heterocycles. The van der Waals surface area contributed by atoms with Crippen LogP contribution in [-0.2, 0) is 11.8 Å². The molecule has 0 saturated carbocycles. The van der Waals surface area contributed by atoms with Gasteiger partial charge >= 0.3 is 0 Å². The number of nitrogens with zero attached hydrogens (tertiary/aromatic N) is 3. The Balaban J connectivity index is 1.72. The second kappa shape index (κ2) is 5.75. The van der Waals surface area contributed by atoms with Crippen molar-refractivity contribution in [3.8, 4) is 11.4 Å². The molecule has 5 heteroatoms. The molecule has 0 bridgehead atoms. The summed E-state index contributed by atoms with van der Waals surface area (Å²) in [5.74, 6) is 1.87. The molecule has 100 valence electrons. The number of thioether (sulfide) groups is 1. The molecule has 2 aromatic rings. The quantitative estimate of drug-likeness (QED) is 0.804. The van der Waals surface area contributed by atoms with Crippen molar-refractivity contribution in [1.29, 1.82) is 0 Å². The van der Waals surface area contributed by atoms with Crippen LogP contribution in [0, 0.1) is 0 Å². The fraction of sp³-hybridized carbons (Fsp3) is 0.429. The first-order valence-corrected chi connectivity index (χ1v) is 7.52. The van der Waals surface area contributed by atoms with Gasteiger partial charge in [0.25, 0.3) is 0 Å². The average molecular weight is 275 g/mol. The number of rotatable bonds is 4. The summed E-state index contributed by atoms with van der Waals surface area (Å²) in [4.78, 5) is 0. The maximum Gasteiger partial charge on any atom is 0.191 e. The van der Waals surface area contributed by atoms with Gasteiger partial charge < -0.3 is 9.30 Å². The summed E-state index contributed by atoms with van der Waals surface area (Å²) in [5, 5.41) is 9.51. The monoisotopic (exact) mass is 275 g/mol. The van der Waals surface area contributed by atoms with E-state index >= 15 is 0 Å². The van der Waals surface area contributed by atoms with Crippen LogP contribution < -0.4 is 0 Å². The number of hydrogen-bond donors (Lipinski definition) is 0. The molecule has 1 aromatic carbocycles. The largest absolute Gasteiger partial charge is 0.377 e. The summed E-state index contributed by atoms with van der Waals surface area (Å²) < 4.78 is 7.68. The number of aromatic nitrogens is 3. The maximum atomic E-state index is 5.63. The van der Waals surface area contributed by atoms with Crippen LogP contribution in [0.2, 0.25) is 0 Å². The first kappa shape index (κ1) is 12.7. The van der Waals surface area contributed by atoms with Crippen LogP contribution in [0.3, 0.4) is 0 Å². The average Bonchev–Trinajstić information content (AvgIpc) is 3.07. The second-order valence-electron chi connectivity index (χ2n) is 4.68. The van der Waals surface area contributed by atoms with Crippen molar-refractivity contribution in [2.24, 2.45) is 7.05 Å². The molecule has 1 saturated heterocycles. The van der Waals surface area contributed by atoms with Crippen molar-refractivity contribution in [3.05, 3.63) is 30.3 Å². The second-order valence-corrected chi connectivity index (χ2v) is 5.66. The molecule has 1 unspecified atom stereocenters. The lowest BCUT2D eigenvalue weighted by Gasteiger charge is -2.08. The minimum Gasteiger partial charge on any atom is -0.377 e. The Bertz CT molecular complexity index is 535. The van der Waals surface area contributed by atoms with E-state index in [1.54, 1.807) is 11.8 Å². The molecular formula is C14H17N3OS. The van der Waals surface area contributed by atoms with Crippen LogP contribution in [0.5, 0.6) is 0 Å². The maximum absolute atomic E-state index is 5.63. The van der Waals surface area contributed by atoms with Gasteiger partial charge in [-0.1, -0.05) is 42.1 Å². The summed E-state index contributed by atoms with van der Waals surface area (Å²) in [6.45, 7) is 0.902. The lowest BCUT2D eigenvalue weighted by atomic mass is 10.2. The van der Waals surface area contributed by atoms with Gasteiger partial charge in [0.2, 0.25) is 0 Å². The summed E-state index contributed by atoms with van der Waals surface area (Å²) in [7, 11) is 2.01. The SMILES string of the molecule is Cn1c(SCC2CCCO2)nnc1-c1ccccc1. The zero-order chi connectivity index (χ0) is 13.1. The van der Waals surface area contributed by atoms with E-state index in [9.17, 15) is 0 Å². The summed E-state index contributed by atoms with van der Waals surface area (Å²) in [5.41, 5.74) is 1.10. The predicted octanol–water partition coefficient (Wildman–Crippen LogP) is 2.75. The van der Waals surface area contributed by atoms with Crippen molar-refractivity contribution < 1.29 is 4.74 Å². The third kappa shape index (κ3) is 2.82. The van der Waals surface area contributed by atoms with Crippen molar-refractivity contribution in [2.45, 2.75) is 24.1 Å². The summed E-state index contributed by atoms with van der Waals surface area (Å²) >= 11 is 1.72. The molecule has 3 rings (SSSR count). The fourth-order valence-corrected chi connectivity index (χ4v) is 3.20. The van der Waals surface area contributed by atoms with Gasteiger partial charge in [0.15, 0.2) is 11.0 Å². The Kier molecular flexibility index (Phi) is 3.84. The zero-order valence-corrected chi connectivity index (χ0v) is 11.8. The van der Waals surface area contributed by atoms with E-state index < -0.39 is 0 Å². The zero-order valence-electron chi connectivity index (χ0n) is 11.0. The molecule has 1 fully saturated rings. The van der Waals surface area contributed by atoms with Gasteiger partial charge in [-0.25, -0.2) is 0 Å². The summed E-state index contributed by atoms with van der Waals surface area (Å²) in [6.07, 6.45) is 2.72. The Morgan fingerprint density at radius 3 is 2.89 bits per heavy atom. The molecular weight excluding hydrogens is 258 g/mol. The molecule has 1 aromatic heterocycles. The highest BCUT2D eigenvalue weighted by molar-refractivity contribution is 7.99. The fourth-order valence-electron chi connectivity index (χ4n) is 2.22. The highest BCUT2D eigenvalue weighted by Crippen LogP contribution is 2.25. The first-order valence-electron chi connectivity index (χ1n) is 6.54. The predicted molar refractivity (Wildman–Crippen MR) is 76.1 cm³/mol. The van der Waals surface area contributed by atoms with Crippen LogP contribution in [0.4, 0.5) is 0 Å². The molecule has 1 atom stereocenters. The lowest BCUT2D eigenvalue weighted by molar-refractivity contribution is 0.129. The van der Waals surface area contributed by atoms with Gasteiger partial charge in [0, 0.05) is 25.0 Å². The van der Waals surface area contributed by atoms with E-state index in [1.165, 1.54) is 6.42 Å². The molecule has 19 heavy (non-hydrogen) atoms. The molecule has 0 aliphatic carbocycles. The van der Waals surface area contributed by atoms with E-state index in [2.05, 4.69) is 26.9 Å². The van der Waals surface area contributed by atoms with Gasteiger partial charge in [0.1, 0.15) is 0 Å². The van der Waals surface area contributed by atoms with Crippen molar-refractivity contribution in [2.75, 3.05) is 12.4 Å². The van der Waals surface area contributed by atoms with Gasteiger partial charge in [-0.2, -0.15) is 0 Å². The normalized spacial score (nSPS) is 18.9. The molecule has 0 spiro atoms. The van der Waals surface area contributed by atoms with Crippen molar-refractivity contribution in [3.63, 3.8) is 0 Å².